The Bertz CT molecular complexity index is 1410. The molecule has 1 fully saturated rings. The van der Waals surface area contributed by atoms with E-state index in [-0.39, 0.29) is 17.0 Å². The number of morpholine rings is 1. The van der Waals surface area contributed by atoms with E-state index in [1.165, 1.54) is 12.1 Å². The van der Waals surface area contributed by atoms with E-state index in [0.29, 0.717) is 48.9 Å². The number of furan rings is 1. The fraction of sp³-hybridized carbons (Fsp3) is 0.154. The van der Waals surface area contributed by atoms with Gasteiger partial charge in [0, 0.05) is 42.0 Å². The molecule has 1 aliphatic rings. The summed E-state index contributed by atoms with van der Waals surface area (Å²) in [6.45, 7) is 2.19. The third-order valence-corrected chi connectivity index (χ3v) is 5.84. The van der Waals surface area contributed by atoms with Crippen LogP contribution in [0.25, 0.3) is 11.0 Å². The summed E-state index contributed by atoms with van der Waals surface area (Å²) in [5.74, 6) is -0.677. The molecular weight excluding hydrogens is 464 g/mol. The van der Waals surface area contributed by atoms with Crippen LogP contribution in [0.3, 0.4) is 0 Å². The first-order chi connectivity index (χ1) is 17.5. The Balaban J connectivity index is 1.30. The average molecular weight is 486 g/mol. The molecule has 5 rings (SSSR count). The SMILES string of the molecule is O=C(Nc1ccc(NC(=O)c2cc([N+](=O)[O-])ccc2N2CCOCC2)cc1)c1cc2ccccc2o1. The molecular formula is C26H22N4O6. The Morgan fingerprint density at radius 3 is 2.19 bits per heavy atom. The fourth-order valence-electron chi connectivity index (χ4n) is 4.02. The van der Waals surface area contributed by atoms with E-state index >= 15 is 0 Å². The number of rotatable bonds is 6. The lowest BCUT2D eigenvalue weighted by atomic mass is 10.1. The van der Waals surface area contributed by atoms with Crippen LogP contribution in [-0.2, 0) is 4.74 Å². The number of ether oxygens (including phenoxy) is 1. The first-order valence-corrected chi connectivity index (χ1v) is 11.3. The van der Waals surface area contributed by atoms with E-state index in [2.05, 4.69) is 10.6 Å². The second kappa shape index (κ2) is 9.88. The summed E-state index contributed by atoms with van der Waals surface area (Å²) in [7, 11) is 0. The molecule has 0 aliphatic carbocycles. The van der Waals surface area contributed by atoms with E-state index in [0.717, 1.165) is 5.39 Å². The Morgan fingerprint density at radius 1 is 0.861 bits per heavy atom. The van der Waals surface area contributed by atoms with Gasteiger partial charge in [-0.25, -0.2) is 0 Å². The van der Waals surface area contributed by atoms with Gasteiger partial charge in [0.1, 0.15) is 5.58 Å². The van der Waals surface area contributed by atoms with E-state index < -0.39 is 16.7 Å². The van der Waals surface area contributed by atoms with Gasteiger partial charge in [0.15, 0.2) is 5.76 Å². The molecule has 0 bridgehead atoms. The summed E-state index contributed by atoms with van der Waals surface area (Å²) in [4.78, 5) is 38.4. The predicted molar refractivity (Wildman–Crippen MR) is 135 cm³/mol. The summed E-state index contributed by atoms with van der Waals surface area (Å²) in [6.07, 6.45) is 0. The Labute approximate surface area is 205 Å². The number of non-ortho nitro benzene ring substituents is 1. The standard InChI is InChI=1S/C26H22N4O6/c31-25(21-16-20(30(33)34)9-10-22(21)29-11-13-35-14-12-29)27-18-5-7-19(8-6-18)28-26(32)24-15-17-3-1-2-4-23(17)36-24/h1-10,15-16H,11-14H2,(H,27,31)(H,28,32). The van der Waals surface area contributed by atoms with Crippen LogP contribution >= 0.6 is 0 Å². The second-order valence-corrected chi connectivity index (χ2v) is 8.19. The van der Waals surface area contributed by atoms with Crippen LogP contribution in [-0.4, -0.2) is 43.0 Å². The zero-order valence-electron chi connectivity index (χ0n) is 19.1. The minimum atomic E-state index is -0.528. The average Bonchev–Trinajstić information content (AvgIpc) is 3.34. The van der Waals surface area contributed by atoms with Gasteiger partial charge < -0.3 is 24.7 Å². The largest absolute Gasteiger partial charge is 0.451 e. The molecule has 182 valence electrons. The van der Waals surface area contributed by atoms with E-state index in [9.17, 15) is 19.7 Å². The molecule has 0 radical (unpaired) electrons. The molecule has 36 heavy (non-hydrogen) atoms. The number of nitrogens with one attached hydrogen (secondary N) is 2. The van der Waals surface area contributed by atoms with Crippen LogP contribution in [0.5, 0.6) is 0 Å². The highest BCUT2D eigenvalue weighted by molar-refractivity contribution is 6.09. The molecule has 1 saturated heterocycles. The summed E-state index contributed by atoms with van der Waals surface area (Å²) >= 11 is 0. The summed E-state index contributed by atoms with van der Waals surface area (Å²) in [6, 6.07) is 19.8. The maximum atomic E-state index is 13.1. The number of nitro benzene ring substituents is 1. The van der Waals surface area contributed by atoms with Crippen molar-refractivity contribution in [2.24, 2.45) is 0 Å². The number of amides is 2. The summed E-state index contributed by atoms with van der Waals surface area (Å²) in [5.41, 5.74) is 2.26. The van der Waals surface area contributed by atoms with Crippen molar-refractivity contribution in [3.05, 3.63) is 94.2 Å². The van der Waals surface area contributed by atoms with Gasteiger partial charge in [-0.3, -0.25) is 19.7 Å². The van der Waals surface area contributed by atoms with E-state index in [1.54, 1.807) is 42.5 Å². The highest BCUT2D eigenvalue weighted by Crippen LogP contribution is 2.28. The smallest absolute Gasteiger partial charge is 0.291 e. The molecule has 0 unspecified atom stereocenters. The van der Waals surface area contributed by atoms with Crippen molar-refractivity contribution in [1.82, 2.24) is 0 Å². The first-order valence-electron chi connectivity index (χ1n) is 11.3. The Morgan fingerprint density at radius 2 is 1.53 bits per heavy atom. The molecule has 1 aromatic heterocycles. The van der Waals surface area contributed by atoms with Gasteiger partial charge in [0.2, 0.25) is 0 Å². The van der Waals surface area contributed by atoms with Crippen LogP contribution in [0, 0.1) is 10.1 Å². The van der Waals surface area contributed by atoms with Gasteiger partial charge in [-0.1, -0.05) is 18.2 Å². The lowest BCUT2D eigenvalue weighted by Crippen LogP contribution is -2.37. The van der Waals surface area contributed by atoms with Gasteiger partial charge in [-0.2, -0.15) is 0 Å². The maximum absolute atomic E-state index is 13.1. The topological polar surface area (TPSA) is 127 Å². The summed E-state index contributed by atoms with van der Waals surface area (Å²) < 4.78 is 11.0. The normalized spacial score (nSPS) is 13.4. The van der Waals surface area contributed by atoms with Crippen LogP contribution in [0.2, 0.25) is 0 Å². The number of carbonyl (C=O) groups excluding carboxylic acids is 2. The molecule has 3 aromatic carbocycles. The highest BCUT2D eigenvalue weighted by Gasteiger charge is 2.22. The number of nitro groups is 1. The van der Waals surface area contributed by atoms with Crippen molar-refractivity contribution < 1.29 is 23.7 Å². The van der Waals surface area contributed by atoms with Crippen molar-refractivity contribution in [2.45, 2.75) is 0 Å². The lowest BCUT2D eigenvalue weighted by Gasteiger charge is -2.30. The first kappa shape index (κ1) is 23.1. The highest BCUT2D eigenvalue weighted by atomic mass is 16.6. The number of carbonyl (C=O) groups is 2. The van der Waals surface area contributed by atoms with Gasteiger partial charge in [-0.05, 0) is 42.5 Å². The van der Waals surface area contributed by atoms with Crippen molar-refractivity contribution in [3.8, 4) is 0 Å². The number of nitrogens with zero attached hydrogens (tertiary/aromatic N) is 2. The van der Waals surface area contributed by atoms with Crippen LogP contribution in [0.15, 0.2) is 77.2 Å². The van der Waals surface area contributed by atoms with Gasteiger partial charge in [0.25, 0.3) is 17.5 Å². The zero-order chi connectivity index (χ0) is 25.1. The Hall–Kier alpha value is -4.70. The molecule has 2 amide bonds. The number of hydrogen-bond donors (Lipinski definition) is 2. The summed E-state index contributed by atoms with van der Waals surface area (Å²) in [5, 5.41) is 17.7. The van der Waals surface area contributed by atoms with E-state index in [4.69, 9.17) is 9.15 Å². The molecule has 0 spiro atoms. The molecule has 2 heterocycles. The Kier molecular flexibility index (Phi) is 6.33. The monoisotopic (exact) mass is 486 g/mol. The molecule has 10 nitrogen and oxygen atoms in total. The number of benzene rings is 3. The molecule has 0 atom stereocenters. The van der Waals surface area contributed by atoms with Gasteiger partial charge >= 0.3 is 0 Å². The maximum Gasteiger partial charge on any atom is 0.291 e. The number of anilines is 3. The van der Waals surface area contributed by atoms with Crippen molar-refractivity contribution in [2.75, 3.05) is 41.8 Å². The van der Waals surface area contributed by atoms with Crippen molar-refractivity contribution in [3.63, 3.8) is 0 Å². The number of para-hydroxylation sites is 1. The van der Waals surface area contributed by atoms with Gasteiger partial charge in [0.05, 0.1) is 29.4 Å². The zero-order valence-corrected chi connectivity index (χ0v) is 19.1. The molecule has 2 N–H and O–H groups in total. The van der Waals surface area contributed by atoms with Gasteiger partial charge in [-0.15, -0.1) is 0 Å². The minimum absolute atomic E-state index is 0.166. The third kappa shape index (κ3) is 4.89. The minimum Gasteiger partial charge on any atom is -0.451 e. The predicted octanol–water partition coefficient (Wildman–Crippen LogP) is 4.68. The molecule has 0 saturated carbocycles. The van der Waals surface area contributed by atoms with Crippen molar-refractivity contribution >= 4 is 45.5 Å². The van der Waals surface area contributed by atoms with Crippen molar-refractivity contribution in [1.29, 1.82) is 0 Å². The molecule has 4 aromatic rings. The fourth-order valence-corrected chi connectivity index (χ4v) is 4.02. The lowest BCUT2D eigenvalue weighted by molar-refractivity contribution is -0.384. The number of fused-ring (bicyclic) bond motifs is 1. The second-order valence-electron chi connectivity index (χ2n) is 8.19. The molecule has 10 heteroatoms. The quantitative estimate of drug-likeness (QED) is 0.299. The van der Waals surface area contributed by atoms with E-state index in [1.807, 2.05) is 23.1 Å². The van der Waals surface area contributed by atoms with Crippen LogP contribution in [0.4, 0.5) is 22.7 Å². The molecule has 1 aliphatic heterocycles. The van der Waals surface area contributed by atoms with Crippen LogP contribution in [0.1, 0.15) is 20.9 Å². The number of hydrogen-bond acceptors (Lipinski definition) is 7. The van der Waals surface area contributed by atoms with Crippen LogP contribution < -0.4 is 15.5 Å². The third-order valence-electron chi connectivity index (χ3n) is 5.84.